The van der Waals surface area contributed by atoms with E-state index < -0.39 is 33.5 Å². The van der Waals surface area contributed by atoms with E-state index in [9.17, 15) is 22.7 Å². The van der Waals surface area contributed by atoms with Crippen molar-refractivity contribution in [2.45, 2.75) is 17.9 Å². The highest BCUT2D eigenvalue weighted by molar-refractivity contribution is 7.93. The van der Waals surface area contributed by atoms with Crippen LogP contribution < -0.4 is 4.31 Å². The highest BCUT2D eigenvalue weighted by Crippen LogP contribution is 2.31. The van der Waals surface area contributed by atoms with Crippen LogP contribution in [0.4, 0.5) is 10.1 Å². The highest BCUT2D eigenvalue weighted by atomic mass is 35.5. The van der Waals surface area contributed by atoms with Gasteiger partial charge < -0.3 is 5.11 Å². The summed E-state index contributed by atoms with van der Waals surface area (Å²) in [7, 11) is -4.36. The van der Waals surface area contributed by atoms with Crippen LogP contribution in [0.2, 0.25) is 10.0 Å². The second-order valence-corrected chi connectivity index (χ2v) is 7.55. The molecule has 0 unspecified atom stereocenters. The molecule has 0 aliphatic carbocycles. The lowest BCUT2D eigenvalue weighted by atomic mass is 10.2. The fraction of sp³-hybridized carbons (Fsp3) is 0.133. The number of benzene rings is 2. The Labute approximate surface area is 148 Å². The van der Waals surface area contributed by atoms with Crippen molar-refractivity contribution in [2.24, 2.45) is 0 Å². The zero-order chi connectivity index (χ0) is 18.1. The van der Waals surface area contributed by atoms with Crippen LogP contribution in [0.5, 0.6) is 0 Å². The van der Waals surface area contributed by atoms with Crippen molar-refractivity contribution < 1.29 is 22.7 Å². The summed E-state index contributed by atoms with van der Waals surface area (Å²) in [6.45, 7) is 1.14. The van der Waals surface area contributed by atoms with Gasteiger partial charge in [-0.1, -0.05) is 23.2 Å². The number of nitrogens with zero attached hydrogens (tertiary/aromatic N) is 1. The molecule has 5 nitrogen and oxygen atoms in total. The molecule has 0 saturated carbocycles. The normalized spacial score (nSPS) is 12.7. The fourth-order valence-corrected chi connectivity index (χ4v) is 3.93. The molecule has 0 bridgehead atoms. The minimum Gasteiger partial charge on any atom is -0.480 e. The van der Waals surface area contributed by atoms with Gasteiger partial charge >= 0.3 is 5.97 Å². The standard InChI is InChI=1S/C15H12Cl2FNO4S/c1-9(15(20)21)19(14-8-11(17)4-7-13(14)18)24(22,23)12-5-2-10(16)3-6-12/h2-9H,1H3,(H,20,21)/t9-/m1/s1. The number of carboxylic acid groups (broad SMARTS) is 1. The molecule has 2 aromatic carbocycles. The SMILES string of the molecule is C[C@H](C(=O)O)N(c1cc(Cl)ccc1F)S(=O)(=O)c1ccc(Cl)cc1. The maximum absolute atomic E-state index is 14.2. The molecule has 0 heterocycles. The first-order valence-electron chi connectivity index (χ1n) is 6.62. The van der Waals surface area contributed by atoms with Crippen molar-refractivity contribution in [1.82, 2.24) is 0 Å². The van der Waals surface area contributed by atoms with Crippen molar-refractivity contribution in [3.8, 4) is 0 Å². The lowest BCUT2D eigenvalue weighted by Crippen LogP contribution is -2.43. The zero-order valence-corrected chi connectivity index (χ0v) is 14.6. The molecule has 0 aliphatic heterocycles. The first kappa shape index (κ1) is 18.5. The predicted molar refractivity (Wildman–Crippen MR) is 89.6 cm³/mol. The molecule has 2 aromatic rings. The summed E-state index contributed by atoms with van der Waals surface area (Å²) in [5, 5.41) is 9.62. The Kier molecular flexibility index (Phi) is 5.37. The largest absolute Gasteiger partial charge is 0.480 e. The quantitative estimate of drug-likeness (QED) is 0.840. The molecular formula is C15H12Cl2FNO4S. The third-order valence-corrected chi connectivity index (χ3v) is 5.61. The van der Waals surface area contributed by atoms with Crippen molar-refractivity contribution in [1.29, 1.82) is 0 Å². The molecule has 0 spiro atoms. The van der Waals surface area contributed by atoms with Gasteiger partial charge in [0.1, 0.15) is 11.9 Å². The molecule has 128 valence electrons. The average molecular weight is 392 g/mol. The Balaban J connectivity index is 2.68. The van der Waals surface area contributed by atoms with Crippen LogP contribution in [0.1, 0.15) is 6.92 Å². The van der Waals surface area contributed by atoms with Crippen LogP contribution in [0, 0.1) is 5.82 Å². The van der Waals surface area contributed by atoms with Crippen LogP contribution >= 0.6 is 23.2 Å². The van der Waals surface area contributed by atoms with Gasteiger partial charge in [-0.15, -0.1) is 0 Å². The van der Waals surface area contributed by atoms with Gasteiger partial charge in [0.15, 0.2) is 0 Å². The number of carbonyl (C=O) groups is 1. The van der Waals surface area contributed by atoms with Crippen LogP contribution in [-0.2, 0) is 14.8 Å². The number of sulfonamides is 1. The average Bonchev–Trinajstić information content (AvgIpc) is 2.51. The maximum Gasteiger partial charge on any atom is 0.327 e. The van der Waals surface area contributed by atoms with Crippen molar-refractivity contribution in [3.63, 3.8) is 0 Å². The van der Waals surface area contributed by atoms with Crippen LogP contribution in [0.3, 0.4) is 0 Å². The number of aliphatic carboxylic acids is 1. The van der Waals surface area contributed by atoms with E-state index in [2.05, 4.69) is 0 Å². The van der Waals surface area contributed by atoms with Crippen LogP contribution in [0.15, 0.2) is 47.4 Å². The molecule has 2 rings (SSSR count). The lowest BCUT2D eigenvalue weighted by Gasteiger charge is -2.28. The summed E-state index contributed by atoms with van der Waals surface area (Å²) in [5.41, 5.74) is -0.452. The summed E-state index contributed by atoms with van der Waals surface area (Å²) in [6.07, 6.45) is 0. The Morgan fingerprint density at radius 2 is 1.67 bits per heavy atom. The first-order chi connectivity index (χ1) is 11.1. The summed E-state index contributed by atoms with van der Waals surface area (Å²) < 4.78 is 40.4. The lowest BCUT2D eigenvalue weighted by molar-refractivity contribution is -0.137. The number of carboxylic acids is 1. The van der Waals surface area contributed by atoms with Gasteiger partial charge in [-0.25, -0.2) is 21.9 Å². The van der Waals surface area contributed by atoms with Gasteiger partial charge in [-0.3, -0.25) is 0 Å². The van der Waals surface area contributed by atoms with Gasteiger partial charge in [-0.2, -0.15) is 0 Å². The van der Waals surface area contributed by atoms with E-state index in [4.69, 9.17) is 23.2 Å². The highest BCUT2D eigenvalue weighted by Gasteiger charge is 2.35. The number of anilines is 1. The first-order valence-corrected chi connectivity index (χ1v) is 8.82. The molecule has 0 radical (unpaired) electrons. The van der Waals surface area contributed by atoms with E-state index in [-0.39, 0.29) is 9.92 Å². The third kappa shape index (κ3) is 3.63. The molecule has 0 aliphatic rings. The summed E-state index contributed by atoms with van der Waals surface area (Å²) in [4.78, 5) is 11.1. The minimum atomic E-state index is -4.36. The van der Waals surface area contributed by atoms with Gasteiger partial charge in [0.05, 0.1) is 10.6 Å². The molecule has 0 fully saturated rings. The molecule has 9 heteroatoms. The molecular weight excluding hydrogens is 380 g/mol. The fourth-order valence-electron chi connectivity index (χ4n) is 2.02. The molecule has 24 heavy (non-hydrogen) atoms. The van der Waals surface area contributed by atoms with E-state index in [1.165, 1.54) is 30.3 Å². The van der Waals surface area contributed by atoms with Crippen molar-refractivity contribution in [3.05, 3.63) is 58.3 Å². The molecule has 1 N–H and O–H groups in total. The van der Waals surface area contributed by atoms with Gasteiger partial charge in [0, 0.05) is 10.0 Å². The van der Waals surface area contributed by atoms with E-state index in [0.29, 0.717) is 9.33 Å². The summed E-state index contributed by atoms with van der Waals surface area (Å²) >= 11 is 11.5. The van der Waals surface area contributed by atoms with Crippen molar-refractivity contribution >= 4 is 44.9 Å². The predicted octanol–water partition coefficient (Wildman–Crippen LogP) is 3.80. The second kappa shape index (κ2) is 6.96. The Morgan fingerprint density at radius 1 is 1.12 bits per heavy atom. The number of rotatable bonds is 5. The maximum atomic E-state index is 14.2. The molecule has 1 atom stereocenters. The molecule has 0 amide bonds. The summed E-state index contributed by atoms with van der Waals surface area (Å²) in [6, 6.07) is 6.81. The number of halogens is 3. The Bertz CT molecular complexity index is 872. The Morgan fingerprint density at radius 3 is 2.21 bits per heavy atom. The van der Waals surface area contributed by atoms with Gasteiger partial charge in [0.2, 0.25) is 0 Å². The van der Waals surface area contributed by atoms with Crippen LogP contribution in [0.25, 0.3) is 0 Å². The third-order valence-electron chi connectivity index (χ3n) is 3.23. The van der Waals surface area contributed by atoms with E-state index in [0.717, 1.165) is 19.1 Å². The zero-order valence-electron chi connectivity index (χ0n) is 12.3. The Hall–Kier alpha value is -1.83. The molecule has 0 saturated heterocycles. The summed E-state index contributed by atoms with van der Waals surface area (Å²) in [5.74, 6) is -2.35. The number of hydrogen-bond donors (Lipinski definition) is 1. The molecule has 0 aromatic heterocycles. The van der Waals surface area contributed by atoms with E-state index >= 15 is 0 Å². The monoisotopic (exact) mass is 391 g/mol. The van der Waals surface area contributed by atoms with Crippen LogP contribution in [-0.4, -0.2) is 25.5 Å². The minimum absolute atomic E-state index is 0.0697. The van der Waals surface area contributed by atoms with E-state index in [1.54, 1.807) is 0 Å². The smallest absolute Gasteiger partial charge is 0.327 e. The van der Waals surface area contributed by atoms with Crippen molar-refractivity contribution in [2.75, 3.05) is 4.31 Å². The van der Waals surface area contributed by atoms with Gasteiger partial charge in [0.25, 0.3) is 10.0 Å². The number of hydrogen-bond acceptors (Lipinski definition) is 3. The second-order valence-electron chi connectivity index (χ2n) is 4.86. The van der Waals surface area contributed by atoms with E-state index in [1.807, 2.05) is 0 Å². The topological polar surface area (TPSA) is 74.7 Å². The van der Waals surface area contributed by atoms with Gasteiger partial charge in [-0.05, 0) is 49.4 Å².